The number of ketones is 1. The van der Waals surface area contributed by atoms with Gasteiger partial charge in [-0.05, 0) is 25.0 Å². The molecule has 0 atom stereocenters. The van der Waals surface area contributed by atoms with Crippen LogP contribution in [0.2, 0.25) is 0 Å². The van der Waals surface area contributed by atoms with Crippen LogP contribution in [0.1, 0.15) is 47.3 Å². The Morgan fingerprint density at radius 1 is 1.32 bits per heavy atom. The molecule has 0 aliphatic heterocycles. The standard InChI is InChI=1S/C16H18FN3OS/c17-11-6-4-5-10(9-11)13(21)14-15(18)20-16(22-14)19-12-7-2-1-3-8-12/h4-6,9,12H,1-3,7-8,18H2,(H,19,20). The number of carbonyl (C=O) groups is 1. The first kappa shape index (κ1) is 15.0. The average molecular weight is 319 g/mol. The third kappa shape index (κ3) is 3.27. The van der Waals surface area contributed by atoms with Crippen molar-refractivity contribution in [2.24, 2.45) is 0 Å². The van der Waals surface area contributed by atoms with Gasteiger partial charge in [-0.15, -0.1) is 0 Å². The highest BCUT2D eigenvalue weighted by Gasteiger charge is 2.20. The van der Waals surface area contributed by atoms with Crippen molar-refractivity contribution in [2.45, 2.75) is 38.1 Å². The van der Waals surface area contributed by atoms with Crippen LogP contribution in [0, 0.1) is 5.82 Å². The smallest absolute Gasteiger partial charge is 0.206 e. The molecule has 4 nitrogen and oxygen atoms in total. The van der Waals surface area contributed by atoms with E-state index in [2.05, 4.69) is 10.3 Å². The number of nitrogen functional groups attached to an aromatic ring is 1. The Balaban J connectivity index is 1.78. The number of nitrogens with two attached hydrogens (primary N) is 1. The molecule has 0 unspecified atom stereocenters. The summed E-state index contributed by atoms with van der Waals surface area (Å²) >= 11 is 1.24. The third-order valence-electron chi connectivity index (χ3n) is 3.88. The van der Waals surface area contributed by atoms with E-state index in [1.165, 1.54) is 48.8 Å². The van der Waals surface area contributed by atoms with Crippen molar-refractivity contribution < 1.29 is 9.18 Å². The maximum absolute atomic E-state index is 13.2. The second-order valence-corrected chi connectivity index (χ2v) is 6.55. The number of nitrogens with one attached hydrogen (secondary N) is 1. The molecular weight excluding hydrogens is 301 g/mol. The van der Waals surface area contributed by atoms with Gasteiger partial charge in [0.25, 0.3) is 0 Å². The lowest BCUT2D eigenvalue weighted by Gasteiger charge is -2.22. The van der Waals surface area contributed by atoms with E-state index in [-0.39, 0.29) is 11.6 Å². The Morgan fingerprint density at radius 3 is 2.82 bits per heavy atom. The van der Waals surface area contributed by atoms with Crippen LogP contribution in [0.3, 0.4) is 0 Å². The van der Waals surface area contributed by atoms with Crippen molar-refractivity contribution in [3.8, 4) is 0 Å². The molecule has 1 aromatic carbocycles. The van der Waals surface area contributed by atoms with Crippen LogP contribution in [0.5, 0.6) is 0 Å². The van der Waals surface area contributed by atoms with E-state index in [1.807, 2.05) is 0 Å². The van der Waals surface area contributed by atoms with Crippen LogP contribution in [-0.2, 0) is 0 Å². The number of anilines is 2. The predicted molar refractivity (Wildman–Crippen MR) is 86.9 cm³/mol. The van der Waals surface area contributed by atoms with Crippen molar-refractivity contribution in [1.82, 2.24) is 4.98 Å². The number of hydrogen-bond acceptors (Lipinski definition) is 5. The van der Waals surface area contributed by atoms with Gasteiger partial charge in [-0.3, -0.25) is 4.79 Å². The monoisotopic (exact) mass is 319 g/mol. The molecule has 3 rings (SSSR count). The molecule has 3 N–H and O–H groups in total. The second kappa shape index (κ2) is 6.44. The van der Waals surface area contributed by atoms with Crippen LogP contribution in [0.4, 0.5) is 15.3 Å². The minimum atomic E-state index is -0.436. The fourth-order valence-electron chi connectivity index (χ4n) is 2.74. The largest absolute Gasteiger partial charge is 0.382 e. The molecule has 6 heteroatoms. The Kier molecular flexibility index (Phi) is 4.38. The van der Waals surface area contributed by atoms with Gasteiger partial charge in [0.05, 0.1) is 0 Å². The summed E-state index contributed by atoms with van der Waals surface area (Å²) in [7, 11) is 0. The van der Waals surface area contributed by atoms with Crippen molar-refractivity contribution in [3.05, 3.63) is 40.5 Å². The van der Waals surface area contributed by atoms with Crippen molar-refractivity contribution >= 4 is 28.1 Å². The molecule has 0 saturated heterocycles. The average Bonchev–Trinajstić information content (AvgIpc) is 2.88. The Hall–Kier alpha value is -1.95. The SMILES string of the molecule is Nc1nc(NC2CCCCC2)sc1C(=O)c1cccc(F)c1. The first-order valence-electron chi connectivity index (χ1n) is 7.46. The van der Waals surface area contributed by atoms with Crippen LogP contribution in [0.15, 0.2) is 24.3 Å². The molecule has 116 valence electrons. The lowest BCUT2D eigenvalue weighted by molar-refractivity contribution is 0.104. The summed E-state index contributed by atoms with van der Waals surface area (Å²) in [6, 6.07) is 6.02. The van der Waals surface area contributed by atoms with Gasteiger partial charge in [0.15, 0.2) is 5.13 Å². The molecule has 0 spiro atoms. The van der Waals surface area contributed by atoms with Crippen molar-refractivity contribution in [2.75, 3.05) is 11.1 Å². The number of nitrogens with zero attached hydrogens (tertiary/aromatic N) is 1. The summed E-state index contributed by atoms with van der Waals surface area (Å²) in [6.45, 7) is 0. The minimum Gasteiger partial charge on any atom is -0.382 e. The first-order chi connectivity index (χ1) is 10.6. The normalized spacial score (nSPS) is 15.7. The topological polar surface area (TPSA) is 68.0 Å². The van der Waals surface area contributed by atoms with E-state index >= 15 is 0 Å². The molecule has 1 saturated carbocycles. The summed E-state index contributed by atoms with van der Waals surface area (Å²) in [4.78, 5) is 17.0. The molecule has 0 radical (unpaired) electrons. The number of rotatable bonds is 4. The molecule has 1 aromatic heterocycles. The molecule has 0 amide bonds. The molecule has 0 bridgehead atoms. The van der Waals surface area contributed by atoms with E-state index in [0.29, 0.717) is 21.6 Å². The minimum absolute atomic E-state index is 0.206. The van der Waals surface area contributed by atoms with Crippen molar-refractivity contribution in [1.29, 1.82) is 0 Å². The van der Waals surface area contributed by atoms with Crippen LogP contribution in [-0.4, -0.2) is 16.8 Å². The predicted octanol–water partition coefficient (Wildman–Crippen LogP) is 3.84. The highest BCUT2D eigenvalue weighted by molar-refractivity contribution is 7.18. The lowest BCUT2D eigenvalue weighted by Crippen LogP contribution is -2.22. The van der Waals surface area contributed by atoms with E-state index in [1.54, 1.807) is 6.07 Å². The first-order valence-corrected chi connectivity index (χ1v) is 8.28. The third-order valence-corrected chi connectivity index (χ3v) is 4.88. The van der Waals surface area contributed by atoms with Crippen molar-refractivity contribution in [3.63, 3.8) is 0 Å². The van der Waals surface area contributed by atoms with Crippen LogP contribution in [0.25, 0.3) is 0 Å². The van der Waals surface area contributed by atoms with Gasteiger partial charge in [0.2, 0.25) is 5.78 Å². The fraction of sp³-hybridized carbons (Fsp3) is 0.375. The van der Waals surface area contributed by atoms with Crippen LogP contribution >= 0.6 is 11.3 Å². The Morgan fingerprint density at radius 2 is 2.09 bits per heavy atom. The Bertz CT molecular complexity index is 680. The number of thiazole rings is 1. The molecule has 1 aliphatic carbocycles. The Labute approximate surface area is 132 Å². The summed E-state index contributed by atoms with van der Waals surface area (Å²) in [6.07, 6.45) is 5.95. The highest BCUT2D eigenvalue weighted by Crippen LogP contribution is 2.30. The maximum Gasteiger partial charge on any atom is 0.206 e. The summed E-state index contributed by atoms with van der Waals surface area (Å²) in [5.41, 5.74) is 6.16. The van der Waals surface area contributed by atoms with Gasteiger partial charge in [-0.25, -0.2) is 9.37 Å². The fourth-order valence-corrected chi connectivity index (χ4v) is 3.66. The molecule has 22 heavy (non-hydrogen) atoms. The summed E-state index contributed by atoms with van der Waals surface area (Å²) in [5.74, 6) is -0.516. The van der Waals surface area contributed by atoms with Crippen LogP contribution < -0.4 is 11.1 Å². The molecule has 1 fully saturated rings. The number of carbonyl (C=O) groups excluding carboxylic acids is 1. The van der Waals surface area contributed by atoms with E-state index in [4.69, 9.17) is 5.73 Å². The van der Waals surface area contributed by atoms with Gasteiger partial charge >= 0.3 is 0 Å². The van der Waals surface area contributed by atoms with E-state index in [9.17, 15) is 9.18 Å². The van der Waals surface area contributed by atoms with E-state index < -0.39 is 5.82 Å². The van der Waals surface area contributed by atoms with Gasteiger partial charge in [0, 0.05) is 11.6 Å². The zero-order valence-electron chi connectivity index (χ0n) is 12.1. The number of halogens is 1. The molecule has 1 aliphatic rings. The van der Waals surface area contributed by atoms with Gasteiger partial charge in [0.1, 0.15) is 16.5 Å². The molecular formula is C16H18FN3OS. The molecule has 2 aromatic rings. The zero-order valence-corrected chi connectivity index (χ0v) is 13.0. The quantitative estimate of drug-likeness (QED) is 0.840. The summed E-state index contributed by atoms with van der Waals surface area (Å²) in [5, 5.41) is 4.03. The van der Waals surface area contributed by atoms with Gasteiger partial charge in [-0.2, -0.15) is 0 Å². The van der Waals surface area contributed by atoms with Gasteiger partial charge < -0.3 is 11.1 Å². The van der Waals surface area contributed by atoms with E-state index in [0.717, 1.165) is 12.8 Å². The highest BCUT2D eigenvalue weighted by atomic mass is 32.1. The lowest BCUT2D eigenvalue weighted by atomic mass is 9.96. The molecule has 1 heterocycles. The number of aromatic nitrogens is 1. The summed E-state index contributed by atoms with van der Waals surface area (Å²) < 4.78 is 13.2. The van der Waals surface area contributed by atoms with Gasteiger partial charge in [-0.1, -0.05) is 42.7 Å². The number of benzene rings is 1. The number of hydrogen-bond donors (Lipinski definition) is 2. The zero-order chi connectivity index (χ0) is 15.5. The second-order valence-electron chi connectivity index (χ2n) is 5.55. The maximum atomic E-state index is 13.2.